The number of hydrogen-bond acceptors (Lipinski definition) is 7. The molecule has 2 aromatic rings. The predicted molar refractivity (Wildman–Crippen MR) is 146 cm³/mol. The number of carbonyl (C=O) groups is 1. The Kier molecular flexibility index (Phi) is 7.72. The summed E-state index contributed by atoms with van der Waals surface area (Å²) in [5, 5.41) is 0. The number of nitrogens with zero attached hydrogens (tertiary/aromatic N) is 3. The molecule has 38 heavy (non-hydrogen) atoms. The summed E-state index contributed by atoms with van der Waals surface area (Å²) < 4.78 is 23.3. The van der Waals surface area contributed by atoms with Gasteiger partial charge in [-0.3, -0.25) is 14.6 Å². The molecular formula is C30H39N3O5. The molecule has 0 spiro atoms. The molecular weight excluding hydrogens is 482 g/mol. The second-order valence-corrected chi connectivity index (χ2v) is 10.8. The Morgan fingerprint density at radius 1 is 0.921 bits per heavy atom. The van der Waals surface area contributed by atoms with Crippen LogP contribution >= 0.6 is 0 Å². The van der Waals surface area contributed by atoms with Crippen molar-refractivity contribution in [3.63, 3.8) is 0 Å². The van der Waals surface area contributed by atoms with Crippen LogP contribution in [0, 0.1) is 0 Å². The minimum atomic E-state index is -0.467. The van der Waals surface area contributed by atoms with Crippen LogP contribution in [-0.4, -0.2) is 94.1 Å². The number of methoxy groups -OCH3 is 1. The molecule has 0 bridgehead atoms. The number of ether oxygens (including phenoxy) is 4. The largest absolute Gasteiger partial charge is 0.493 e. The second-order valence-electron chi connectivity index (χ2n) is 10.8. The number of amides is 1. The summed E-state index contributed by atoms with van der Waals surface area (Å²) in [6, 6.07) is 14.6. The molecule has 1 saturated carbocycles. The maximum Gasteiger partial charge on any atom is 0.268 e. The van der Waals surface area contributed by atoms with E-state index in [0.717, 1.165) is 57.4 Å². The summed E-state index contributed by atoms with van der Waals surface area (Å²) in [5.74, 6) is 2.79. The van der Waals surface area contributed by atoms with Gasteiger partial charge in [0.25, 0.3) is 5.91 Å². The molecule has 0 radical (unpaired) electrons. The topological polar surface area (TPSA) is 63.7 Å². The highest BCUT2D eigenvalue weighted by Gasteiger charge is 2.35. The Labute approximate surface area is 225 Å². The smallest absolute Gasteiger partial charge is 0.268 e. The first-order valence-electron chi connectivity index (χ1n) is 14.1. The summed E-state index contributed by atoms with van der Waals surface area (Å²) in [6.45, 7) is 8.07. The van der Waals surface area contributed by atoms with Crippen molar-refractivity contribution in [2.45, 2.75) is 43.7 Å². The molecule has 3 saturated heterocycles. The molecule has 204 valence electrons. The van der Waals surface area contributed by atoms with Crippen LogP contribution in [0.25, 0.3) is 0 Å². The first-order chi connectivity index (χ1) is 18.7. The van der Waals surface area contributed by atoms with Crippen molar-refractivity contribution >= 4 is 11.6 Å². The fraction of sp³-hybridized carbons (Fsp3) is 0.567. The van der Waals surface area contributed by atoms with Crippen molar-refractivity contribution in [3.05, 3.63) is 48.0 Å². The normalized spacial score (nSPS) is 24.7. The van der Waals surface area contributed by atoms with Gasteiger partial charge in [-0.25, -0.2) is 0 Å². The molecule has 4 fully saturated rings. The lowest BCUT2D eigenvalue weighted by molar-refractivity contribution is -0.122. The van der Waals surface area contributed by atoms with E-state index in [2.05, 4.69) is 21.9 Å². The first-order valence-corrected chi connectivity index (χ1v) is 14.1. The first kappa shape index (κ1) is 25.5. The Bertz CT molecular complexity index is 1100. The zero-order chi connectivity index (χ0) is 25.9. The van der Waals surface area contributed by atoms with E-state index in [0.29, 0.717) is 43.0 Å². The van der Waals surface area contributed by atoms with E-state index in [1.807, 2.05) is 30.3 Å². The van der Waals surface area contributed by atoms with Gasteiger partial charge in [0.15, 0.2) is 17.6 Å². The number of carbonyl (C=O) groups excluding carboxylic acids is 1. The zero-order valence-electron chi connectivity index (χ0n) is 22.3. The Morgan fingerprint density at radius 2 is 1.74 bits per heavy atom. The van der Waals surface area contributed by atoms with E-state index >= 15 is 0 Å². The fourth-order valence-electron chi connectivity index (χ4n) is 5.90. The van der Waals surface area contributed by atoms with Gasteiger partial charge in [-0.05, 0) is 61.6 Å². The summed E-state index contributed by atoms with van der Waals surface area (Å²) in [7, 11) is 1.64. The number of hydrogen-bond donors (Lipinski definition) is 0. The van der Waals surface area contributed by atoms with Crippen molar-refractivity contribution in [1.82, 2.24) is 9.80 Å². The summed E-state index contributed by atoms with van der Waals surface area (Å²) in [4.78, 5) is 20.0. The van der Waals surface area contributed by atoms with E-state index in [9.17, 15) is 4.79 Å². The van der Waals surface area contributed by atoms with Crippen molar-refractivity contribution in [2.24, 2.45) is 0 Å². The van der Waals surface area contributed by atoms with Crippen molar-refractivity contribution in [1.29, 1.82) is 0 Å². The van der Waals surface area contributed by atoms with Gasteiger partial charge in [0.1, 0.15) is 12.4 Å². The summed E-state index contributed by atoms with van der Waals surface area (Å²) >= 11 is 0. The molecule has 3 aliphatic heterocycles. The SMILES string of the molecule is COc1cc(N2CC[C@@H](Oc3ccc(C4CC4)cc3)C2=O)ccc1OCCN1CCC(N2CCOCC2)C1. The van der Waals surface area contributed by atoms with E-state index in [1.54, 1.807) is 12.0 Å². The molecule has 1 unspecified atom stereocenters. The zero-order valence-corrected chi connectivity index (χ0v) is 22.3. The maximum absolute atomic E-state index is 13.2. The van der Waals surface area contributed by atoms with Crippen LogP contribution in [0.1, 0.15) is 37.2 Å². The van der Waals surface area contributed by atoms with Gasteiger partial charge in [0, 0.05) is 56.9 Å². The highest BCUT2D eigenvalue weighted by molar-refractivity contribution is 5.99. The van der Waals surface area contributed by atoms with Crippen molar-refractivity contribution in [3.8, 4) is 17.2 Å². The second kappa shape index (κ2) is 11.5. The van der Waals surface area contributed by atoms with Crippen LogP contribution in [0.2, 0.25) is 0 Å². The van der Waals surface area contributed by atoms with E-state index in [4.69, 9.17) is 18.9 Å². The summed E-state index contributed by atoms with van der Waals surface area (Å²) in [6.07, 6.45) is 3.95. The summed E-state index contributed by atoms with van der Waals surface area (Å²) in [5.41, 5.74) is 2.17. The van der Waals surface area contributed by atoms with E-state index in [1.165, 1.54) is 24.8 Å². The van der Waals surface area contributed by atoms with Crippen LogP contribution in [0.5, 0.6) is 17.2 Å². The quantitative estimate of drug-likeness (QED) is 0.474. The van der Waals surface area contributed by atoms with Gasteiger partial charge in [-0.15, -0.1) is 0 Å². The molecule has 8 nitrogen and oxygen atoms in total. The molecule has 1 aliphatic carbocycles. The lowest BCUT2D eigenvalue weighted by atomic mass is 10.1. The number of benzene rings is 2. The molecule has 4 aliphatic rings. The Balaban J connectivity index is 1.00. The Morgan fingerprint density at radius 3 is 2.50 bits per heavy atom. The third-order valence-electron chi connectivity index (χ3n) is 8.30. The molecule has 8 heteroatoms. The minimum absolute atomic E-state index is 0.0177. The highest BCUT2D eigenvalue weighted by Crippen LogP contribution is 2.40. The Hall–Kier alpha value is -2.81. The molecule has 2 aromatic carbocycles. The lowest BCUT2D eigenvalue weighted by Gasteiger charge is -2.32. The molecule has 0 N–H and O–H groups in total. The number of anilines is 1. The number of likely N-dealkylation sites (tertiary alicyclic amines) is 1. The van der Waals surface area contributed by atoms with Gasteiger partial charge in [0.2, 0.25) is 0 Å². The lowest BCUT2D eigenvalue weighted by Crippen LogP contribution is -2.44. The fourth-order valence-corrected chi connectivity index (χ4v) is 5.90. The van der Waals surface area contributed by atoms with Crippen LogP contribution in [0.3, 0.4) is 0 Å². The molecule has 0 aromatic heterocycles. The number of morpholine rings is 1. The van der Waals surface area contributed by atoms with Crippen LogP contribution < -0.4 is 19.1 Å². The minimum Gasteiger partial charge on any atom is -0.493 e. The predicted octanol–water partition coefficient (Wildman–Crippen LogP) is 3.54. The van der Waals surface area contributed by atoms with Crippen molar-refractivity contribution < 1.29 is 23.7 Å². The van der Waals surface area contributed by atoms with Gasteiger partial charge in [0.05, 0.1) is 20.3 Å². The molecule has 6 rings (SSSR count). The third kappa shape index (κ3) is 5.77. The van der Waals surface area contributed by atoms with E-state index in [-0.39, 0.29) is 5.91 Å². The highest BCUT2D eigenvalue weighted by atomic mass is 16.5. The van der Waals surface area contributed by atoms with Gasteiger partial charge in [-0.1, -0.05) is 12.1 Å². The number of rotatable bonds is 10. The van der Waals surface area contributed by atoms with Gasteiger partial charge in [-0.2, -0.15) is 0 Å². The average Bonchev–Trinajstić information content (AvgIpc) is 3.60. The molecule has 3 heterocycles. The van der Waals surface area contributed by atoms with Crippen molar-refractivity contribution in [2.75, 3.05) is 71.1 Å². The standard InChI is InChI=1S/C30H39N3O5/c1-35-29-20-24(33-13-11-28(30(33)34)38-26-7-4-23(5-8-26)22-2-3-22)6-9-27(29)37-19-14-31-12-10-25(21-31)32-15-17-36-18-16-32/h4-9,20,22,25,28H,2-3,10-19,21H2,1H3/t25?,28-/m1/s1. The molecule has 2 atom stereocenters. The van der Waals surface area contributed by atoms with Gasteiger partial charge < -0.3 is 23.8 Å². The van der Waals surface area contributed by atoms with Crippen LogP contribution in [0.15, 0.2) is 42.5 Å². The van der Waals surface area contributed by atoms with E-state index < -0.39 is 6.10 Å². The maximum atomic E-state index is 13.2. The third-order valence-corrected chi connectivity index (χ3v) is 8.30. The monoisotopic (exact) mass is 521 g/mol. The van der Waals surface area contributed by atoms with Gasteiger partial charge >= 0.3 is 0 Å². The average molecular weight is 522 g/mol. The van der Waals surface area contributed by atoms with Crippen LogP contribution in [-0.2, 0) is 9.53 Å². The molecule has 1 amide bonds. The van der Waals surface area contributed by atoms with Crippen LogP contribution in [0.4, 0.5) is 5.69 Å².